The van der Waals surface area contributed by atoms with Gasteiger partial charge in [-0.25, -0.2) is 0 Å². The van der Waals surface area contributed by atoms with Crippen LogP contribution in [-0.4, -0.2) is 53.6 Å². The summed E-state index contributed by atoms with van der Waals surface area (Å²) in [6, 6.07) is 1.46. The number of rotatable bonds is 7. The summed E-state index contributed by atoms with van der Waals surface area (Å²) in [6.07, 6.45) is 6.56. The van der Waals surface area contributed by atoms with Gasteiger partial charge in [-0.05, 0) is 37.7 Å². The van der Waals surface area contributed by atoms with E-state index < -0.39 is 10.4 Å². The fourth-order valence-electron chi connectivity index (χ4n) is 5.00. The molecule has 9 heteroatoms. The van der Waals surface area contributed by atoms with Gasteiger partial charge in [0.1, 0.15) is 16.6 Å². The quantitative estimate of drug-likeness (QED) is 0.463. The molecule has 0 aromatic carbocycles. The minimum absolute atomic E-state index is 0.0212. The molecule has 2 saturated carbocycles. The van der Waals surface area contributed by atoms with E-state index in [1.165, 1.54) is 11.6 Å². The Bertz CT molecular complexity index is 1110. The number of fused-ring (bicyclic) bond motifs is 2. The summed E-state index contributed by atoms with van der Waals surface area (Å²) < 4.78 is 0.781. The Morgan fingerprint density at radius 1 is 1.26 bits per heavy atom. The molecule has 2 aromatic rings. The average molecular weight is 463 g/mol. The maximum Gasteiger partial charge on any atom is 0.245 e. The molecule has 7 nitrogen and oxygen atoms in total. The maximum atomic E-state index is 13.3. The van der Waals surface area contributed by atoms with Gasteiger partial charge in [-0.3, -0.25) is 24.0 Å². The summed E-state index contributed by atoms with van der Waals surface area (Å²) in [5.41, 5.74) is 0.733. The lowest BCUT2D eigenvalue weighted by Crippen LogP contribution is -2.44. The molecule has 164 valence electrons. The Morgan fingerprint density at radius 3 is 2.68 bits per heavy atom. The van der Waals surface area contributed by atoms with Gasteiger partial charge in [0.05, 0.1) is 17.8 Å². The molecule has 1 unspecified atom stereocenters. The smallest absolute Gasteiger partial charge is 0.245 e. The van der Waals surface area contributed by atoms with Crippen molar-refractivity contribution in [3.63, 3.8) is 0 Å². The van der Waals surface area contributed by atoms with Crippen LogP contribution in [0.1, 0.15) is 56.4 Å². The summed E-state index contributed by atoms with van der Waals surface area (Å²) in [7, 11) is 0. The Labute approximate surface area is 190 Å². The monoisotopic (exact) mass is 462 g/mol. The van der Waals surface area contributed by atoms with Crippen molar-refractivity contribution in [3.8, 4) is 0 Å². The number of likely N-dealkylation sites (tertiary alicyclic amines) is 1. The van der Waals surface area contributed by atoms with Gasteiger partial charge < -0.3 is 4.90 Å². The van der Waals surface area contributed by atoms with Crippen molar-refractivity contribution in [2.45, 2.75) is 68.9 Å². The van der Waals surface area contributed by atoms with E-state index in [1.54, 1.807) is 23.4 Å². The van der Waals surface area contributed by atoms with Crippen molar-refractivity contribution < 1.29 is 14.4 Å². The first-order chi connectivity index (χ1) is 14.6. The highest BCUT2D eigenvalue weighted by molar-refractivity contribution is 6.51. The molecule has 0 N–H and O–H groups in total. The minimum Gasteiger partial charge on any atom is -0.328 e. The van der Waals surface area contributed by atoms with Crippen LogP contribution in [0.25, 0.3) is 10.9 Å². The fraction of sp³-hybridized carbons (Fsp3) is 0.591. The van der Waals surface area contributed by atoms with Gasteiger partial charge >= 0.3 is 0 Å². The number of Topliss-reactive ketones (excluding diaryl/α,β-unsaturated/α-hetero) is 2. The first-order valence-electron chi connectivity index (χ1n) is 10.6. The predicted octanol–water partition coefficient (Wildman–Crippen LogP) is 3.56. The maximum absolute atomic E-state index is 13.3. The van der Waals surface area contributed by atoms with E-state index in [2.05, 4.69) is 10.1 Å². The number of aromatic nitrogens is 3. The third-order valence-electron chi connectivity index (χ3n) is 7.23. The lowest BCUT2D eigenvalue weighted by atomic mass is 9.96. The second-order valence-corrected chi connectivity index (χ2v) is 11.0. The van der Waals surface area contributed by atoms with Crippen molar-refractivity contribution in [3.05, 3.63) is 24.2 Å². The molecule has 3 fully saturated rings. The summed E-state index contributed by atoms with van der Waals surface area (Å²) >= 11 is 12.4. The largest absolute Gasteiger partial charge is 0.328 e. The Hall–Kier alpha value is -1.99. The number of halogens is 2. The Kier molecular flexibility index (Phi) is 4.72. The summed E-state index contributed by atoms with van der Waals surface area (Å²) in [4.78, 5) is 44.1. The van der Waals surface area contributed by atoms with Crippen molar-refractivity contribution in [2.75, 3.05) is 0 Å². The first-order valence-corrected chi connectivity index (χ1v) is 11.4. The van der Waals surface area contributed by atoms with E-state index in [1.807, 2.05) is 6.92 Å². The zero-order chi connectivity index (χ0) is 22.1. The molecular formula is C22H24Cl2N4O3. The molecule has 0 radical (unpaired) electrons. The van der Waals surface area contributed by atoms with E-state index in [0.717, 1.165) is 12.8 Å². The molecule has 1 saturated heterocycles. The summed E-state index contributed by atoms with van der Waals surface area (Å²) in [5, 5.41) is 5.04. The number of piperidine rings is 1. The molecule has 3 aliphatic rings. The highest BCUT2D eigenvalue weighted by Crippen LogP contribution is 2.66. The Morgan fingerprint density at radius 2 is 2.00 bits per heavy atom. The zero-order valence-corrected chi connectivity index (χ0v) is 19.0. The molecule has 0 bridgehead atoms. The predicted molar refractivity (Wildman–Crippen MR) is 116 cm³/mol. The van der Waals surface area contributed by atoms with E-state index in [-0.39, 0.29) is 35.5 Å². The molecule has 4 atom stereocenters. The van der Waals surface area contributed by atoms with Crippen LogP contribution in [0.5, 0.6) is 0 Å². The van der Waals surface area contributed by atoms with Gasteiger partial charge in [-0.15, -0.1) is 23.2 Å². The van der Waals surface area contributed by atoms with E-state index >= 15 is 0 Å². The third-order valence-corrected chi connectivity index (χ3v) is 8.41. The number of hydrogen-bond acceptors (Lipinski definition) is 5. The van der Waals surface area contributed by atoms with Gasteiger partial charge in [0.2, 0.25) is 5.91 Å². The number of ketones is 2. The highest BCUT2D eigenvalue weighted by atomic mass is 35.5. The van der Waals surface area contributed by atoms with Crippen molar-refractivity contribution in [1.82, 2.24) is 19.7 Å². The van der Waals surface area contributed by atoms with Crippen LogP contribution >= 0.6 is 23.2 Å². The summed E-state index contributed by atoms with van der Waals surface area (Å²) in [6.45, 7) is 3.43. The molecular weight excluding hydrogens is 439 g/mol. The van der Waals surface area contributed by atoms with Gasteiger partial charge in [-0.2, -0.15) is 5.10 Å². The van der Waals surface area contributed by atoms with E-state index in [0.29, 0.717) is 41.8 Å². The highest BCUT2D eigenvalue weighted by Gasteiger charge is 2.62. The second kappa shape index (κ2) is 7.01. The molecule has 5 rings (SSSR count). The number of amides is 1. The average Bonchev–Trinajstić information content (AvgIpc) is 3.44. The number of nitrogens with zero attached hydrogens (tertiary/aromatic N) is 4. The van der Waals surface area contributed by atoms with Crippen LogP contribution in [-0.2, 0) is 16.1 Å². The number of carbonyl (C=O) groups excluding carboxylic acids is 3. The molecule has 3 heterocycles. The van der Waals surface area contributed by atoms with Crippen molar-refractivity contribution in [1.29, 1.82) is 0 Å². The lowest BCUT2D eigenvalue weighted by molar-refractivity contribution is -0.139. The molecule has 0 spiro atoms. The van der Waals surface area contributed by atoms with Crippen LogP contribution in [0.3, 0.4) is 0 Å². The standard InChI is InChI=1S/C22H24Cl2N4O3/c1-12(29)20-14-4-6-25-9-17(14)27(26-20)10-19(31)28-15-7-13(15)8-16(28)18(30)3-5-21(2)11-22(21,23)24/h4,6,9,13,15-16H,3,5,7-8,10-11H2,1-2H3/t13-,15-,16+,21?/m1/s1. The Balaban J connectivity index is 1.32. The van der Waals surface area contributed by atoms with Gasteiger partial charge in [0.15, 0.2) is 11.6 Å². The van der Waals surface area contributed by atoms with Crippen LogP contribution in [0.2, 0.25) is 0 Å². The van der Waals surface area contributed by atoms with Crippen LogP contribution in [0.4, 0.5) is 0 Å². The number of pyridine rings is 1. The van der Waals surface area contributed by atoms with E-state index in [4.69, 9.17) is 23.2 Å². The van der Waals surface area contributed by atoms with Crippen molar-refractivity contribution in [2.24, 2.45) is 11.3 Å². The number of alkyl halides is 2. The first kappa shape index (κ1) is 20.9. The normalized spacial score (nSPS) is 30.3. The van der Waals surface area contributed by atoms with Crippen LogP contribution in [0.15, 0.2) is 18.5 Å². The number of hydrogen-bond donors (Lipinski definition) is 0. The van der Waals surface area contributed by atoms with Crippen LogP contribution in [0, 0.1) is 11.3 Å². The minimum atomic E-state index is -0.746. The third kappa shape index (κ3) is 3.46. The van der Waals surface area contributed by atoms with Gasteiger partial charge in [-0.1, -0.05) is 6.92 Å². The molecule has 2 aromatic heterocycles. The molecule has 1 amide bonds. The van der Waals surface area contributed by atoms with Gasteiger partial charge in [0, 0.05) is 36.4 Å². The molecule has 1 aliphatic heterocycles. The SMILES string of the molecule is CC(=O)c1nn(CC(=O)N2[C@@H]3C[C@@H]3C[C@H]2C(=O)CCC2(C)CC2(Cl)Cl)c2cnccc12. The molecule has 2 aliphatic carbocycles. The fourth-order valence-corrected chi connectivity index (χ4v) is 5.77. The molecule has 31 heavy (non-hydrogen) atoms. The van der Waals surface area contributed by atoms with Crippen LogP contribution < -0.4 is 0 Å². The van der Waals surface area contributed by atoms with Gasteiger partial charge in [0.25, 0.3) is 0 Å². The topological polar surface area (TPSA) is 85.2 Å². The van der Waals surface area contributed by atoms with E-state index in [9.17, 15) is 14.4 Å². The second-order valence-electron chi connectivity index (χ2n) is 9.48. The lowest BCUT2D eigenvalue weighted by Gasteiger charge is -2.27. The van der Waals surface area contributed by atoms with Crippen molar-refractivity contribution >= 4 is 51.6 Å². The number of carbonyl (C=O) groups is 3. The zero-order valence-electron chi connectivity index (χ0n) is 17.5. The summed E-state index contributed by atoms with van der Waals surface area (Å²) in [5.74, 6) is 0.170.